The molecule has 2 N–H and O–H groups in total. The molecule has 1 saturated heterocycles. The summed E-state index contributed by atoms with van der Waals surface area (Å²) in [5.41, 5.74) is 0. The largest absolute Gasteiger partial charge is 0.403 e. The highest BCUT2D eigenvalue weighted by Gasteiger charge is 2.41. The molecule has 1 fully saturated rings. The average molecular weight is 351 g/mol. The van der Waals surface area contributed by atoms with Crippen LogP contribution in [-0.4, -0.2) is 80.2 Å². The van der Waals surface area contributed by atoms with Gasteiger partial charge in [-0.15, -0.1) is 0 Å². The topological polar surface area (TPSA) is 60.0 Å². The number of guanidine groups is 1. The number of hydrogen-bond donors (Lipinski definition) is 2. The Bertz CT molecular complexity index is 431. The molecule has 6 nitrogen and oxygen atoms in total. The van der Waals surface area contributed by atoms with Crippen LogP contribution in [0.1, 0.15) is 20.8 Å². The maximum absolute atomic E-state index is 12.8. The van der Waals surface area contributed by atoms with Crippen molar-refractivity contribution < 1.29 is 18.0 Å². The molecule has 0 radical (unpaired) electrons. The van der Waals surface area contributed by atoms with E-state index in [4.69, 9.17) is 0 Å². The Balaban J connectivity index is 2.37. The number of rotatable bonds is 5. The predicted octanol–water partition coefficient (Wildman–Crippen LogP) is 0.902. The zero-order chi connectivity index (χ0) is 18.3. The number of amides is 1. The summed E-state index contributed by atoms with van der Waals surface area (Å²) < 4.78 is 38.3. The predicted molar refractivity (Wildman–Crippen MR) is 87.9 cm³/mol. The summed E-state index contributed by atoms with van der Waals surface area (Å²) in [5, 5.41) is 5.92. The van der Waals surface area contributed by atoms with Crippen LogP contribution >= 0.6 is 0 Å². The molecule has 9 heteroatoms. The van der Waals surface area contributed by atoms with Crippen LogP contribution in [0.3, 0.4) is 0 Å². The standard InChI is InChI=1S/C15H28F3N5O/c1-11(2)13(24)20-5-6-21-14(19-4)23-9-7-22(8-10-23)12(3)15(16,17)18/h11-12H,5-10H2,1-4H3,(H,19,21)(H,20,24). The third-order valence-electron chi connectivity index (χ3n) is 4.08. The Morgan fingerprint density at radius 3 is 2.08 bits per heavy atom. The molecule has 0 spiro atoms. The minimum Gasteiger partial charge on any atom is -0.354 e. The first kappa shape index (κ1) is 20.5. The Morgan fingerprint density at radius 2 is 1.62 bits per heavy atom. The lowest BCUT2D eigenvalue weighted by molar-refractivity contribution is -0.181. The first-order valence-corrected chi connectivity index (χ1v) is 8.21. The van der Waals surface area contributed by atoms with Crippen molar-refractivity contribution in [3.8, 4) is 0 Å². The molecule has 1 atom stereocenters. The van der Waals surface area contributed by atoms with Crippen molar-refractivity contribution in [2.45, 2.75) is 33.0 Å². The van der Waals surface area contributed by atoms with E-state index in [9.17, 15) is 18.0 Å². The Hall–Kier alpha value is -1.51. The summed E-state index contributed by atoms with van der Waals surface area (Å²) in [4.78, 5) is 19.0. The molecule has 1 heterocycles. The number of aliphatic imine (C=N–C) groups is 1. The van der Waals surface area contributed by atoms with Gasteiger partial charge in [0.25, 0.3) is 0 Å². The zero-order valence-corrected chi connectivity index (χ0v) is 14.8. The molecule has 24 heavy (non-hydrogen) atoms. The van der Waals surface area contributed by atoms with Crippen LogP contribution in [0.2, 0.25) is 0 Å². The molecule has 0 aromatic heterocycles. The quantitative estimate of drug-likeness (QED) is 0.439. The summed E-state index contributed by atoms with van der Waals surface area (Å²) in [6.07, 6.45) is -4.20. The number of alkyl halides is 3. The van der Waals surface area contributed by atoms with Gasteiger partial charge in [0.15, 0.2) is 5.96 Å². The van der Waals surface area contributed by atoms with Crippen LogP contribution in [0, 0.1) is 5.92 Å². The Labute approximate surface area is 141 Å². The van der Waals surface area contributed by atoms with Crippen LogP contribution in [0.5, 0.6) is 0 Å². The van der Waals surface area contributed by atoms with Gasteiger partial charge in [-0.05, 0) is 6.92 Å². The van der Waals surface area contributed by atoms with E-state index in [2.05, 4.69) is 15.6 Å². The van der Waals surface area contributed by atoms with Crippen molar-refractivity contribution >= 4 is 11.9 Å². The molecule has 0 bridgehead atoms. The number of hydrogen-bond acceptors (Lipinski definition) is 3. The van der Waals surface area contributed by atoms with Crippen molar-refractivity contribution in [1.82, 2.24) is 20.4 Å². The monoisotopic (exact) mass is 351 g/mol. The van der Waals surface area contributed by atoms with E-state index in [1.165, 1.54) is 11.8 Å². The lowest BCUT2D eigenvalue weighted by Gasteiger charge is -2.39. The van der Waals surface area contributed by atoms with Crippen LogP contribution in [0.4, 0.5) is 13.2 Å². The van der Waals surface area contributed by atoms with Crippen LogP contribution in [0.15, 0.2) is 4.99 Å². The molecular formula is C15H28F3N5O. The summed E-state index contributed by atoms with van der Waals surface area (Å²) in [5.74, 6) is 0.572. The molecule has 140 valence electrons. The fraction of sp³-hybridized carbons (Fsp3) is 0.867. The fourth-order valence-electron chi connectivity index (χ4n) is 2.42. The van der Waals surface area contributed by atoms with Crippen LogP contribution in [0.25, 0.3) is 0 Å². The van der Waals surface area contributed by atoms with Crippen molar-refractivity contribution in [2.24, 2.45) is 10.9 Å². The zero-order valence-electron chi connectivity index (χ0n) is 14.8. The smallest absolute Gasteiger partial charge is 0.354 e. The van der Waals surface area contributed by atoms with Gasteiger partial charge in [0.1, 0.15) is 6.04 Å². The lowest BCUT2D eigenvalue weighted by atomic mass is 10.2. The number of nitrogens with one attached hydrogen (secondary N) is 2. The van der Waals surface area contributed by atoms with Crippen molar-refractivity contribution in [3.05, 3.63) is 0 Å². The number of carbonyl (C=O) groups is 1. The Morgan fingerprint density at radius 1 is 1.08 bits per heavy atom. The first-order chi connectivity index (χ1) is 11.2. The molecule has 1 rings (SSSR count). The minimum absolute atomic E-state index is 0.0125. The third kappa shape index (κ3) is 6.18. The molecule has 1 aliphatic rings. The number of nitrogens with zero attached hydrogens (tertiary/aromatic N) is 3. The summed E-state index contributed by atoms with van der Waals surface area (Å²) in [6.45, 7) is 7.48. The highest BCUT2D eigenvalue weighted by molar-refractivity contribution is 5.80. The van der Waals surface area contributed by atoms with Crippen molar-refractivity contribution in [2.75, 3.05) is 46.3 Å². The molecule has 0 aromatic carbocycles. The van der Waals surface area contributed by atoms with Crippen LogP contribution < -0.4 is 10.6 Å². The van der Waals surface area contributed by atoms with Gasteiger partial charge in [-0.1, -0.05) is 13.8 Å². The second-order valence-corrected chi connectivity index (χ2v) is 6.16. The van der Waals surface area contributed by atoms with E-state index in [0.717, 1.165) is 0 Å². The highest BCUT2D eigenvalue weighted by Crippen LogP contribution is 2.25. The van der Waals surface area contributed by atoms with E-state index >= 15 is 0 Å². The molecule has 1 unspecified atom stereocenters. The molecule has 0 aromatic rings. The van der Waals surface area contributed by atoms with E-state index in [-0.39, 0.29) is 11.8 Å². The number of halogens is 3. The molecule has 1 aliphatic heterocycles. The van der Waals surface area contributed by atoms with Crippen molar-refractivity contribution in [3.63, 3.8) is 0 Å². The summed E-state index contributed by atoms with van der Waals surface area (Å²) in [6, 6.07) is -1.43. The first-order valence-electron chi connectivity index (χ1n) is 8.21. The normalized spacial score (nSPS) is 18.7. The van der Waals surface area contributed by atoms with Crippen molar-refractivity contribution in [1.29, 1.82) is 0 Å². The molecule has 0 saturated carbocycles. The third-order valence-corrected chi connectivity index (χ3v) is 4.08. The van der Waals surface area contributed by atoms with E-state index in [0.29, 0.717) is 45.2 Å². The maximum atomic E-state index is 12.8. The van der Waals surface area contributed by atoms with Gasteiger partial charge >= 0.3 is 6.18 Å². The maximum Gasteiger partial charge on any atom is 0.403 e. The van der Waals surface area contributed by atoms with E-state index < -0.39 is 12.2 Å². The molecule has 0 aliphatic carbocycles. The van der Waals surface area contributed by atoms with E-state index in [1.807, 2.05) is 18.7 Å². The number of carbonyl (C=O) groups excluding carboxylic acids is 1. The molecular weight excluding hydrogens is 323 g/mol. The second kappa shape index (κ2) is 9.10. The van der Waals surface area contributed by atoms with Crippen LogP contribution in [-0.2, 0) is 4.79 Å². The Kier molecular flexibility index (Phi) is 7.78. The van der Waals surface area contributed by atoms with Gasteiger partial charge in [-0.2, -0.15) is 13.2 Å². The minimum atomic E-state index is -4.20. The summed E-state index contributed by atoms with van der Waals surface area (Å²) in [7, 11) is 1.64. The van der Waals surface area contributed by atoms with Gasteiger partial charge in [0.2, 0.25) is 5.91 Å². The second-order valence-electron chi connectivity index (χ2n) is 6.16. The van der Waals surface area contributed by atoms with Gasteiger partial charge in [0, 0.05) is 52.2 Å². The van der Waals surface area contributed by atoms with Gasteiger partial charge < -0.3 is 15.5 Å². The molecule has 1 amide bonds. The lowest BCUT2D eigenvalue weighted by Crippen LogP contribution is -2.57. The highest BCUT2D eigenvalue weighted by atomic mass is 19.4. The fourth-order valence-corrected chi connectivity index (χ4v) is 2.42. The van der Waals surface area contributed by atoms with E-state index in [1.54, 1.807) is 7.05 Å². The van der Waals surface area contributed by atoms with Gasteiger partial charge in [-0.3, -0.25) is 14.7 Å². The average Bonchev–Trinajstić information content (AvgIpc) is 2.53. The number of piperazine rings is 1. The summed E-state index contributed by atoms with van der Waals surface area (Å²) >= 11 is 0. The SMILES string of the molecule is CN=C(NCCNC(=O)C(C)C)N1CCN(C(C)C(F)(F)F)CC1. The van der Waals surface area contributed by atoms with Gasteiger partial charge in [0.05, 0.1) is 0 Å². The van der Waals surface area contributed by atoms with Gasteiger partial charge in [-0.25, -0.2) is 0 Å².